The predicted octanol–water partition coefficient (Wildman–Crippen LogP) is 3.70. The second-order valence-electron chi connectivity index (χ2n) is 2.61. The first-order valence-corrected chi connectivity index (χ1v) is 4.08. The molecule has 0 amide bonds. The van der Waals surface area contributed by atoms with Crippen molar-refractivity contribution in [1.82, 2.24) is 0 Å². The summed E-state index contributed by atoms with van der Waals surface area (Å²) in [6.07, 6.45) is 10.2. The van der Waals surface area contributed by atoms with E-state index in [2.05, 4.69) is 39.0 Å². The van der Waals surface area contributed by atoms with Gasteiger partial charge in [0.05, 0.1) is 0 Å². The number of hydrogen-bond acceptors (Lipinski definition) is 0. The number of rotatable bonds is 4. The van der Waals surface area contributed by atoms with Crippen LogP contribution in [0.25, 0.3) is 0 Å². The average molecular weight is 138 g/mol. The Hall–Kier alpha value is -0.520. The van der Waals surface area contributed by atoms with Crippen LogP contribution in [0.4, 0.5) is 0 Å². The maximum atomic E-state index is 2.32. The van der Waals surface area contributed by atoms with Crippen LogP contribution in [0, 0.1) is 0 Å². The molecular formula is C10H18. The zero-order chi connectivity index (χ0) is 7.82. The Morgan fingerprint density at radius 3 is 2.60 bits per heavy atom. The van der Waals surface area contributed by atoms with Crippen molar-refractivity contribution in [3.8, 4) is 0 Å². The Kier molecular flexibility index (Phi) is 6.25. The largest absolute Gasteiger partial charge is 0.0913 e. The third-order valence-corrected chi connectivity index (χ3v) is 1.46. The molecule has 0 aromatic rings. The number of unbranched alkanes of at least 4 members (excludes halogenated alkanes) is 1. The SMILES string of the molecule is CC=CCC(C)=CCCC. The Balaban J connectivity index is 3.49. The van der Waals surface area contributed by atoms with Crippen LogP contribution in [0.3, 0.4) is 0 Å². The summed E-state index contributed by atoms with van der Waals surface area (Å²) in [4.78, 5) is 0. The van der Waals surface area contributed by atoms with Crippen LogP contribution < -0.4 is 0 Å². The third kappa shape index (κ3) is 5.61. The van der Waals surface area contributed by atoms with E-state index in [4.69, 9.17) is 0 Å². The molecule has 0 fully saturated rings. The summed E-state index contributed by atoms with van der Waals surface area (Å²) in [5.74, 6) is 0. The van der Waals surface area contributed by atoms with Gasteiger partial charge in [-0.2, -0.15) is 0 Å². The molecule has 0 aliphatic rings. The van der Waals surface area contributed by atoms with Gasteiger partial charge >= 0.3 is 0 Å². The number of allylic oxidation sites excluding steroid dienone is 4. The molecule has 0 saturated carbocycles. The molecule has 0 unspecified atom stereocenters. The summed E-state index contributed by atoms with van der Waals surface area (Å²) in [6.45, 7) is 6.46. The second kappa shape index (κ2) is 6.60. The van der Waals surface area contributed by atoms with Gasteiger partial charge in [-0.3, -0.25) is 0 Å². The molecule has 0 aliphatic carbocycles. The highest BCUT2D eigenvalue weighted by molar-refractivity contribution is 5.03. The fraction of sp³-hybridized carbons (Fsp3) is 0.600. The quantitative estimate of drug-likeness (QED) is 0.520. The molecule has 58 valence electrons. The van der Waals surface area contributed by atoms with Crippen LogP contribution in [0.15, 0.2) is 23.8 Å². The summed E-state index contributed by atoms with van der Waals surface area (Å²) >= 11 is 0. The van der Waals surface area contributed by atoms with Crippen molar-refractivity contribution in [3.63, 3.8) is 0 Å². The minimum Gasteiger partial charge on any atom is -0.0913 e. The molecule has 0 heteroatoms. The lowest BCUT2D eigenvalue weighted by atomic mass is 10.1. The fourth-order valence-electron chi connectivity index (χ4n) is 0.778. The van der Waals surface area contributed by atoms with Gasteiger partial charge in [0.25, 0.3) is 0 Å². The second-order valence-corrected chi connectivity index (χ2v) is 2.61. The van der Waals surface area contributed by atoms with E-state index < -0.39 is 0 Å². The van der Waals surface area contributed by atoms with Crippen molar-refractivity contribution in [3.05, 3.63) is 23.8 Å². The van der Waals surface area contributed by atoms with E-state index in [1.54, 1.807) is 0 Å². The Morgan fingerprint density at radius 2 is 2.10 bits per heavy atom. The van der Waals surface area contributed by atoms with Gasteiger partial charge in [-0.15, -0.1) is 0 Å². The molecule has 0 saturated heterocycles. The molecule has 0 N–H and O–H groups in total. The Bertz CT molecular complexity index is 118. The van der Waals surface area contributed by atoms with Crippen LogP contribution in [-0.4, -0.2) is 0 Å². The summed E-state index contributed by atoms with van der Waals surface area (Å²) in [5, 5.41) is 0. The van der Waals surface area contributed by atoms with E-state index >= 15 is 0 Å². The van der Waals surface area contributed by atoms with Gasteiger partial charge in [-0.1, -0.05) is 37.1 Å². The van der Waals surface area contributed by atoms with E-state index in [-0.39, 0.29) is 0 Å². The lowest BCUT2D eigenvalue weighted by molar-refractivity contribution is 0.942. The van der Waals surface area contributed by atoms with Crippen molar-refractivity contribution >= 4 is 0 Å². The van der Waals surface area contributed by atoms with Crippen LogP contribution in [-0.2, 0) is 0 Å². The summed E-state index contributed by atoms with van der Waals surface area (Å²) in [6, 6.07) is 0. The first kappa shape index (κ1) is 9.48. The van der Waals surface area contributed by atoms with Crippen LogP contribution in [0.5, 0.6) is 0 Å². The normalized spacial score (nSPS) is 12.9. The van der Waals surface area contributed by atoms with E-state index in [0.29, 0.717) is 0 Å². The average Bonchev–Trinajstić information content (AvgIpc) is 1.97. The molecule has 0 heterocycles. The molecule has 0 atom stereocenters. The van der Waals surface area contributed by atoms with Gasteiger partial charge in [0, 0.05) is 0 Å². The third-order valence-electron chi connectivity index (χ3n) is 1.46. The van der Waals surface area contributed by atoms with E-state index in [1.165, 1.54) is 18.4 Å². The summed E-state index contributed by atoms with van der Waals surface area (Å²) in [7, 11) is 0. The minimum atomic E-state index is 1.12. The van der Waals surface area contributed by atoms with E-state index in [1.807, 2.05) is 0 Å². The highest BCUT2D eigenvalue weighted by Crippen LogP contribution is 2.03. The first-order valence-electron chi connectivity index (χ1n) is 4.08. The standard InChI is InChI=1S/C10H18/c1-4-6-8-10(3)9-7-5-2/h4,6,9H,5,7-8H2,1-3H3. The fourth-order valence-corrected chi connectivity index (χ4v) is 0.778. The zero-order valence-corrected chi connectivity index (χ0v) is 7.35. The van der Waals surface area contributed by atoms with Gasteiger partial charge < -0.3 is 0 Å². The highest BCUT2D eigenvalue weighted by atomic mass is 13.9. The van der Waals surface area contributed by atoms with Crippen molar-refractivity contribution in [2.75, 3.05) is 0 Å². The molecule has 0 spiro atoms. The molecule has 0 nitrogen and oxygen atoms in total. The molecule has 0 rings (SSSR count). The molecule has 0 aliphatic heterocycles. The Labute approximate surface area is 64.6 Å². The van der Waals surface area contributed by atoms with Gasteiger partial charge in [-0.05, 0) is 26.7 Å². The van der Waals surface area contributed by atoms with Gasteiger partial charge in [0.15, 0.2) is 0 Å². The van der Waals surface area contributed by atoms with Crippen molar-refractivity contribution in [1.29, 1.82) is 0 Å². The minimum absolute atomic E-state index is 1.12. The number of hydrogen-bond donors (Lipinski definition) is 0. The van der Waals surface area contributed by atoms with E-state index in [0.717, 1.165) is 6.42 Å². The van der Waals surface area contributed by atoms with Crippen molar-refractivity contribution in [2.45, 2.75) is 40.0 Å². The van der Waals surface area contributed by atoms with Crippen molar-refractivity contribution < 1.29 is 0 Å². The van der Waals surface area contributed by atoms with Crippen LogP contribution in [0.1, 0.15) is 40.0 Å². The smallest absolute Gasteiger partial charge is 0.0142 e. The molecule has 10 heavy (non-hydrogen) atoms. The molecule has 0 bridgehead atoms. The summed E-state index contributed by atoms with van der Waals surface area (Å²) < 4.78 is 0. The molecule has 0 radical (unpaired) electrons. The van der Waals surface area contributed by atoms with Gasteiger partial charge in [-0.25, -0.2) is 0 Å². The monoisotopic (exact) mass is 138 g/mol. The van der Waals surface area contributed by atoms with Crippen LogP contribution in [0.2, 0.25) is 0 Å². The topological polar surface area (TPSA) is 0 Å². The predicted molar refractivity (Wildman–Crippen MR) is 48.1 cm³/mol. The summed E-state index contributed by atoms with van der Waals surface area (Å²) in [5.41, 5.74) is 1.49. The highest BCUT2D eigenvalue weighted by Gasteiger charge is 1.82. The van der Waals surface area contributed by atoms with Crippen molar-refractivity contribution in [2.24, 2.45) is 0 Å². The molecule has 0 aromatic carbocycles. The Morgan fingerprint density at radius 1 is 1.40 bits per heavy atom. The maximum Gasteiger partial charge on any atom is -0.0142 e. The van der Waals surface area contributed by atoms with Gasteiger partial charge in [0.2, 0.25) is 0 Å². The lowest BCUT2D eigenvalue weighted by Gasteiger charge is -1.93. The lowest BCUT2D eigenvalue weighted by Crippen LogP contribution is -1.72. The van der Waals surface area contributed by atoms with E-state index in [9.17, 15) is 0 Å². The molecular weight excluding hydrogens is 120 g/mol. The first-order chi connectivity index (χ1) is 4.81. The molecule has 0 aromatic heterocycles. The zero-order valence-electron chi connectivity index (χ0n) is 7.35. The van der Waals surface area contributed by atoms with Gasteiger partial charge in [0.1, 0.15) is 0 Å². The van der Waals surface area contributed by atoms with Crippen LogP contribution >= 0.6 is 0 Å². The maximum absolute atomic E-state index is 2.32.